The van der Waals surface area contributed by atoms with Crippen molar-refractivity contribution >= 4 is 5.95 Å². The quantitative estimate of drug-likeness (QED) is 0.739. The maximum Gasteiger partial charge on any atom is 0.433 e. The van der Waals surface area contributed by atoms with Crippen molar-refractivity contribution < 1.29 is 13.2 Å². The van der Waals surface area contributed by atoms with Crippen molar-refractivity contribution in [2.75, 3.05) is 18.0 Å². The third kappa shape index (κ3) is 3.14. The molecule has 1 fully saturated rings. The molecule has 2 aliphatic rings. The number of nitrogens with zero attached hydrogens (tertiary/aromatic N) is 3. The first-order valence-electron chi connectivity index (χ1n) is 7.77. The van der Waals surface area contributed by atoms with Crippen molar-refractivity contribution in [3.63, 3.8) is 0 Å². The number of hydrogen-bond donors (Lipinski definition) is 0. The molecule has 3 nitrogen and oxygen atoms in total. The van der Waals surface area contributed by atoms with Gasteiger partial charge in [-0.2, -0.15) is 13.2 Å². The Morgan fingerprint density at radius 3 is 2.19 bits per heavy atom. The van der Waals surface area contributed by atoms with E-state index in [9.17, 15) is 13.2 Å². The molecule has 116 valence electrons. The van der Waals surface area contributed by atoms with Gasteiger partial charge in [0.1, 0.15) is 0 Å². The summed E-state index contributed by atoms with van der Waals surface area (Å²) >= 11 is 0. The van der Waals surface area contributed by atoms with Crippen LogP contribution in [-0.2, 0) is 19.0 Å². The Balaban J connectivity index is 2.04. The number of hydrogen-bond acceptors (Lipinski definition) is 3. The molecule has 1 aliphatic carbocycles. The molecule has 0 amide bonds. The number of aromatic nitrogens is 2. The lowest BCUT2D eigenvalue weighted by molar-refractivity contribution is -0.141. The van der Waals surface area contributed by atoms with Gasteiger partial charge in [0, 0.05) is 24.3 Å². The molecule has 21 heavy (non-hydrogen) atoms. The van der Waals surface area contributed by atoms with Gasteiger partial charge < -0.3 is 4.90 Å². The summed E-state index contributed by atoms with van der Waals surface area (Å²) < 4.78 is 40.0. The largest absolute Gasteiger partial charge is 0.433 e. The lowest BCUT2D eigenvalue weighted by Gasteiger charge is -2.28. The fourth-order valence-corrected chi connectivity index (χ4v) is 3.23. The highest BCUT2D eigenvalue weighted by molar-refractivity contribution is 5.39. The molecule has 0 unspecified atom stereocenters. The summed E-state index contributed by atoms with van der Waals surface area (Å²) in [5.41, 5.74) is 0.256. The molecule has 1 aromatic rings. The highest BCUT2D eigenvalue weighted by Gasteiger charge is 2.38. The van der Waals surface area contributed by atoms with Crippen molar-refractivity contribution in [1.82, 2.24) is 9.97 Å². The molecule has 0 spiro atoms. The Morgan fingerprint density at radius 2 is 1.48 bits per heavy atom. The van der Waals surface area contributed by atoms with Crippen LogP contribution in [0.5, 0.6) is 0 Å². The molecule has 2 heterocycles. The van der Waals surface area contributed by atoms with E-state index in [1.807, 2.05) is 4.90 Å². The third-order valence-electron chi connectivity index (χ3n) is 4.33. The van der Waals surface area contributed by atoms with Crippen LogP contribution < -0.4 is 4.90 Å². The molecule has 1 aliphatic heterocycles. The van der Waals surface area contributed by atoms with E-state index in [-0.39, 0.29) is 5.95 Å². The van der Waals surface area contributed by atoms with Gasteiger partial charge in [0.2, 0.25) is 5.95 Å². The Labute approximate surface area is 122 Å². The van der Waals surface area contributed by atoms with Gasteiger partial charge in [-0.25, -0.2) is 9.97 Å². The van der Waals surface area contributed by atoms with Crippen LogP contribution in [0, 0.1) is 0 Å². The van der Waals surface area contributed by atoms with Crippen molar-refractivity contribution in [2.24, 2.45) is 0 Å². The van der Waals surface area contributed by atoms with E-state index in [0.29, 0.717) is 24.1 Å². The fraction of sp³-hybridized carbons (Fsp3) is 0.733. The van der Waals surface area contributed by atoms with Gasteiger partial charge in [-0.3, -0.25) is 0 Å². The SMILES string of the molecule is FC(F)(F)c1nc(N2CCCCC2)nc2c1CCCCC2. The summed E-state index contributed by atoms with van der Waals surface area (Å²) in [5.74, 6) is 0.280. The molecule has 0 N–H and O–H groups in total. The average molecular weight is 299 g/mol. The van der Waals surface area contributed by atoms with Gasteiger partial charge in [-0.05, 0) is 44.9 Å². The van der Waals surface area contributed by atoms with E-state index in [4.69, 9.17) is 0 Å². The van der Waals surface area contributed by atoms with E-state index in [1.165, 1.54) is 0 Å². The molecule has 0 saturated carbocycles. The first kappa shape index (κ1) is 14.6. The fourth-order valence-electron chi connectivity index (χ4n) is 3.23. The summed E-state index contributed by atoms with van der Waals surface area (Å²) in [6.45, 7) is 1.52. The first-order chi connectivity index (χ1) is 10.1. The number of aryl methyl sites for hydroxylation is 1. The lowest BCUT2D eigenvalue weighted by Crippen LogP contribution is -2.32. The predicted molar refractivity (Wildman–Crippen MR) is 74.4 cm³/mol. The molecule has 6 heteroatoms. The summed E-state index contributed by atoms with van der Waals surface area (Å²) in [6.07, 6.45) is 2.52. The molecular weight excluding hydrogens is 279 g/mol. The smallest absolute Gasteiger partial charge is 0.341 e. The Kier molecular flexibility index (Phi) is 4.04. The van der Waals surface area contributed by atoms with Crippen LogP contribution in [0.1, 0.15) is 55.5 Å². The number of halogens is 3. The number of anilines is 1. The zero-order chi connectivity index (χ0) is 14.9. The molecular formula is C15H20F3N3. The van der Waals surface area contributed by atoms with Gasteiger partial charge >= 0.3 is 6.18 Å². The summed E-state index contributed by atoms with van der Waals surface area (Å²) in [4.78, 5) is 10.3. The molecule has 3 rings (SSSR count). The molecule has 0 bridgehead atoms. The van der Waals surface area contributed by atoms with Crippen molar-refractivity contribution in [3.8, 4) is 0 Å². The van der Waals surface area contributed by atoms with Gasteiger partial charge in [0.15, 0.2) is 5.69 Å². The molecule has 1 saturated heterocycles. The zero-order valence-corrected chi connectivity index (χ0v) is 12.0. The van der Waals surface area contributed by atoms with E-state index in [0.717, 1.165) is 51.6 Å². The first-order valence-corrected chi connectivity index (χ1v) is 7.77. The Hall–Kier alpha value is -1.33. The van der Waals surface area contributed by atoms with E-state index >= 15 is 0 Å². The number of rotatable bonds is 1. The summed E-state index contributed by atoms with van der Waals surface area (Å²) in [7, 11) is 0. The van der Waals surface area contributed by atoms with Crippen LogP contribution in [0.4, 0.5) is 19.1 Å². The van der Waals surface area contributed by atoms with Crippen molar-refractivity contribution in [1.29, 1.82) is 0 Å². The minimum absolute atomic E-state index is 0.280. The standard InChI is InChI=1S/C15H20F3N3/c16-15(17,18)13-11-7-3-1-4-8-12(11)19-14(20-13)21-9-5-2-6-10-21/h1-10H2. The predicted octanol–water partition coefficient (Wildman–Crippen LogP) is 3.75. The maximum absolute atomic E-state index is 13.3. The molecule has 0 aromatic carbocycles. The van der Waals surface area contributed by atoms with Crippen molar-refractivity contribution in [3.05, 3.63) is 17.0 Å². The highest BCUT2D eigenvalue weighted by Crippen LogP contribution is 2.35. The lowest BCUT2D eigenvalue weighted by atomic mass is 10.1. The average Bonchev–Trinajstić information content (AvgIpc) is 2.71. The molecule has 1 aromatic heterocycles. The second-order valence-corrected chi connectivity index (χ2v) is 5.90. The Morgan fingerprint density at radius 1 is 0.810 bits per heavy atom. The van der Waals surface area contributed by atoms with Gasteiger partial charge in [0.05, 0.1) is 0 Å². The number of fused-ring (bicyclic) bond motifs is 1. The minimum Gasteiger partial charge on any atom is -0.341 e. The molecule has 0 atom stereocenters. The Bertz CT molecular complexity index is 508. The summed E-state index contributed by atoms with van der Waals surface area (Å²) in [5, 5.41) is 0. The van der Waals surface area contributed by atoms with Crippen LogP contribution >= 0.6 is 0 Å². The second-order valence-electron chi connectivity index (χ2n) is 5.90. The van der Waals surface area contributed by atoms with Gasteiger partial charge in [-0.15, -0.1) is 0 Å². The highest BCUT2D eigenvalue weighted by atomic mass is 19.4. The van der Waals surface area contributed by atoms with E-state index < -0.39 is 11.9 Å². The maximum atomic E-state index is 13.3. The van der Waals surface area contributed by atoms with Crippen molar-refractivity contribution in [2.45, 2.75) is 57.5 Å². The van der Waals surface area contributed by atoms with Gasteiger partial charge in [-0.1, -0.05) is 6.42 Å². The topological polar surface area (TPSA) is 29.0 Å². The third-order valence-corrected chi connectivity index (χ3v) is 4.33. The second kappa shape index (κ2) is 5.81. The zero-order valence-electron chi connectivity index (χ0n) is 12.0. The van der Waals surface area contributed by atoms with Crippen LogP contribution in [-0.4, -0.2) is 23.1 Å². The monoisotopic (exact) mass is 299 g/mol. The van der Waals surface area contributed by atoms with E-state index in [1.54, 1.807) is 0 Å². The normalized spacial score (nSPS) is 20.0. The van der Waals surface area contributed by atoms with Gasteiger partial charge in [0.25, 0.3) is 0 Å². The number of piperidine rings is 1. The van der Waals surface area contributed by atoms with Crippen LogP contribution in [0.15, 0.2) is 0 Å². The summed E-state index contributed by atoms with van der Waals surface area (Å²) in [6, 6.07) is 0. The van der Waals surface area contributed by atoms with Crippen LogP contribution in [0.25, 0.3) is 0 Å². The molecule has 0 radical (unpaired) electrons. The van der Waals surface area contributed by atoms with Crippen LogP contribution in [0.2, 0.25) is 0 Å². The minimum atomic E-state index is -4.39. The van der Waals surface area contributed by atoms with Crippen LogP contribution in [0.3, 0.4) is 0 Å². The van der Waals surface area contributed by atoms with E-state index in [2.05, 4.69) is 9.97 Å². The number of alkyl halides is 3.